The van der Waals surface area contributed by atoms with E-state index >= 15 is 0 Å². The van der Waals surface area contributed by atoms with Crippen molar-refractivity contribution in [1.29, 1.82) is 0 Å². The first kappa shape index (κ1) is 11.9. The summed E-state index contributed by atoms with van der Waals surface area (Å²) < 4.78 is 0. The van der Waals surface area contributed by atoms with Gasteiger partial charge >= 0.3 is 5.97 Å². The van der Waals surface area contributed by atoms with Crippen LogP contribution in [0.5, 0.6) is 0 Å². The van der Waals surface area contributed by atoms with Crippen LogP contribution in [-0.2, 0) is 4.79 Å². The van der Waals surface area contributed by atoms with Crippen molar-refractivity contribution < 1.29 is 9.90 Å². The average Bonchev–Trinajstić information content (AvgIpc) is 2.43. The second-order valence-corrected chi connectivity index (χ2v) is 5.55. The van der Waals surface area contributed by atoms with Crippen LogP contribution in [0.15, 0.2) is 0 Å². The highest BCUT2D eigenvalue weighted by Gasteiger charge is 2.44. The predicted molar refractivity (Wildman–Crippen MR) is 62.4 cm³/mol. The van der Waals surface area contributed by atoms with Gasteiger partial charge < -0.3 is 10.0 Å². The van der Waals surface area contributed by atoms with Crippen molar-refractivity contribution in [2.75, 3.05) is 27.2 Å². The Morgan fingerprint density at radius 1 is 1.31 bits per heavy atom. The number of hydrogen-bond donors (Lipinski definition) is 1. The smallest absolute Gasteiger partial charge is 0.308 e. The van der Waals surface area contributed by atoms with Crippen molar-refractivity contribution in [2.24, 2.45) is 11.8 Å². The SMILES string of the molecule is CC1CN(C2CCC2C(=O)O)CC1N(C)C. The van der Waals surface area contributed by atoms with E-state index in [1.807, 2.05) is 0 Å². The Morgan fingerprint density at radius 3 is 2.38 bits per heavy atom. The summed E-state index contributed by atoms with van der Waals surface area (Å²) in [6.07, 6.45) is 1.92. The number of likely N-dealkylation sites (tertiary alicyclic amines) is 1. The van der Waals surface area contributed by atoms with E-state index in [-0.39, 0.29) is 5.92 Å². The lowest BCUT2D eigenvalue weighted by Gasteiger charge is -2.40. The third-order valence-electron chi connectivity index (χ3n) is 4.29. The molecule has 0 spiro atoms. The minimum Gasteiger partial charge on any atom is -0.481 e. The van der Waals surface area contributed by atoms with E-state index in [4.69, 9.17) is 5.11 Å². The zero-order valence-corrected chi connectivity index (χ0v) is 10.4. The molecule has 0 amide bonds. The molecule has 1 saturated heterocycles. The maximum Gasteiger partial charge on any atom is 0.308 e. The van der Waals surface area contributed by atoms with Crippen molar-refractivity contribution in [3.63, 3.8) is 0 Å². The number of rotatable bonds is 3. The summed E-state index contributed by atoms with van der Waals surface area (Å²) >= 11 is 0. The lowest BCUT2D eigenvalue weighted by molar-refractivity contribution is -0.148. The van der Waals surface area contributed by atoms with Crippen molar-refractivity contribution in [3.05, 3.63) is 0 Å². The molecule has 0 aromatic heterocycles. The fourth-order valence-electron chi connectivity index (χ4n) is 3.14. The molecule has 0 aromatic carbocycles. The van der Waals surface area contributed by atoms with Crippen molar-refractivity contribution in [2.45, 2.75) is 31.8 Å². The molecule has 0 radical (unpaired) electrons. The van der Waals surface area contributed by atoms with Gasteiger partial charge in [0.2, 0.25) is 0 Å². The van der Waals surface area contributed by atoms with Gasteiger partial charge in [0, 0.05) is 25.2 Å². The average molecular weight is 226 g/mol. The summed E-state index contributed by atoms with van der Waals surface area (Å²) in [5, 5.41) is 9.07. The zero-order chi connectivity index (χ0) is 11.9. The Labute approximate surface area is 97.2 Å². The van der Waals surface area contributed by atoms with Crippen molar-refractivity contribution in [1.82, 2.24) is 9.80 Å². The second kappa shape index (κ2) is 4.34. The Kier molecular flexibility index (Phi) is 3.22. The summed E-state index contributed by atoms with van der Waals surface area (Å²) in [5.74, 6) is -0.0876. The number of carboxylic acids is 1. The first-order valence-corrected chi connectivity index (χ1v) is 6.14. The van der Waals surface area contributed by atoms with Gasteiger partial charge in [0.05, 0.1) is 5.92 Å². The summed E-state index contributed by atoms with van der Waals surface area (Å²) in [6, 6.07) is 0.875. The topological polar surface area (TPSA) is 43.8 Å². The van der Waals surface area contributed by atoms with Crippen LogP contribution in [0.4, 0.5) is 0 Å². The fourth-order valence-corrected chi connectivity index (χ4v) is 3.14. The lowest BCUT2D eigenvalue weighted by Crippen LogP contribution is -2.50. The molecule has 2 fully saturated rings. The van der Waals surface area contributed by atoms with Crippen LogP contribution < -0.4 is 0 Å². The van der Waals surface area contributed by atoms with E-state index in [1.54, 1.807) is 0 Å². The van der Waals surface area contributed by atoms with Crippen molar-refractivity contribution in [3.8, 4) is 0 Å². The molecule has 1 aliphatic heterocycles. The van der Waals surface area contributed by atoms with Crippen LogP contribution in [0.25, 0.3) is 0 Å². The third kappa shape index (κ3) is 1.96. The van der Waals surface area contributed by atoms with Gasteiger partial charge in [-0.3, -0.25) is 9.69 Å². The molecular weight excluding hydrogens is 204 g/mol. The monoisotopic (exact) mass is 226 g/mol. The predicted octanol–water partition coefficient (Wildman–Crippen LogP) is 0.731. The van der Waals surface area contributed by atoms with Crippen LogP contribution in [0.3, 0.4) is 0 Å². The standard InChI is InChI=1S/C12H22N2O2/c1-8-6-14(7-11(8)13(2)3)10-5-4-9(10)12(15)16/h8-11H,4-7H2,1-3H3,(H,15,16). The third-order valence-corrected chi connectivity index (χ3v) is 4.29. The van der Waals surface area contributed by atoms with Crippen LogP contribution >= 0.6 is 0 Å². The summed E-state index contributed by atoms with van der Waals surface area (Å²) in [7, 11) is 4.22. The van der Waals surface area contributed by atoms with Gasteiger partial charge in [-0.25, -0.2) is 0 Å². The molecule has 16 heavy (non-hydrogen) atoms. The normalized spacial score (nSPS) is 40.0. The largest absolute Gasteiger partial charge is 0.481 e. The van der Waals surface area contributed by atoms with E-state index in [0.717, 1.165) is 25.9 Å². The van der Waals surface area contributed by atoms with Gasteiger partial charge in [-0.2, -0.15) is 0 Å². The molecule has 1 N–H and O–H groups in total. The first-order valence-electron chi connectivity index (χ1n) is 6.14. The van der Waals surface area contributed by atoms with Crippen molar-refractivity contribution >= 4 is 5.97 Å². The Hall–Kier alpha value is -0.610. The summed E-state index contributed by atoms with van der Waals surface area (Å²) in [6.45, 7) is 4.35. The molecule has 92 valence electrons. The maximum absolute atomic E-state index is 11.0. The summed E-state index contributed by atoms with van der Waals surface area (Å²) in [4.78, 5) is 15.7. The van der Waals surface area contributed by atoms with Crippen LogP contribution in [0.1, 0.15) is 19.8 Å². The second-order valence-electron chi connectivity index (χ2n) is 5.55. The van der Waals surface area contributed by atoms with E-state index in [1.165, 1.54) is 0 Å². The van der Waals surface area contributed by atoms with Gasteiger partial charge in [0.25, 0.3) is 0 Å². The van der Waals surface area contributed by atoms with Gasteiger partial charge in [-0.15, -0.1) is 0 Å². The highest BCUT2D eigenvalue weighted by atomic mass is 16.4. The molecule has 4 heteroatoms. The quantitative estimate of drug-likeness (QED) is 0.770. The lowest BCUT2D eigenvalue weighted by atomic mass is 9.78. The minimum absolute atomic E-state index is 0.117. The molecule has 4 atom stereocenters. The van der Waals surface area contributed by atoms with Crippen LogP contribution in [-0.4, -0.2) is 60.1 Å². The highest BCUT2D eigenvalue weighted by molar-refractivity contribution is 5.72. The molecule has 0 bridgehead atoms. The maximum atomic E-state index is 11.0. The number of likely N-dealkylation sites (N-methyl/N-ethyl adjacent to an activating group) is 1. The molecule has 4 unspecified atom stereocenters. The highest BCUT2D eigenvalue weighted by Crippen LogP contribution is 2.36. The van der Waals surface area contributed by atoms with E-state index in [0.29, 0.717) is 18.0 Å². The van der Waals surface area contributed by atoms with Gasteiger partial charge in [-0.05, 0) is 32.9 Å². The zero-order valence-electron chi connectivity index (χ0n) is 10.4. The molecule has 1 aliphatic carbocycles. The molecule has 2 aliphatic rings. The molecular formula is C12H22N2O2. The molecule has 2 rings (SSSR count). The Balaban J connectivity index is 1.95. The number of carbonyl (C=O) groups is 1. The van der Waals surface area contributed by atoms with E-state index < -0.39 is 5.97 Å². The Bertz CT molecular complexity index is 280. The Morgan fingerprint density at radius 2 is 2.00 bits per heavy atom. The van der Waals surface area contributed by atoms with E-state index in [2.05, 4.69) is 30.8 Å². The molecule has 4 nitrogen and oxygen atoms in total. The molecule has 0 aromatic rings. The van der Waals surface area contributed by atoms with E-state index in [9.17, 15) is 4.79 Å². The fraction of sp³-hybridized carbons (Fsp3) is 0.917. The number of carboxylic acid groups (broad SMARTS) is 1. The van der Waals surface area contributed by atoms with Gasteiger partial charge in [-0.1, -0.05) is 6.92 Å². The first-order chi connectivity index (χ1) is 7.50. The summed E-state index contributed by atoms with van der Waals surface area (Å²) in [5.41, 5.74) is 0. The molecule has 1 saturated carbocycles. The van der Waals surface area contributed by atoms with Gasteiger partial charge in [0.1, 0.15) is 0 Å². The number of aliphatic carboxylic acids is 1. The minimum atomic E-state index is -0.614. The van der Waals surface area contributed by atoms with Crippen LogP contribution in [0.2, 0.25) is 0 Å². The molecule has 1 heterocycles. The number of nitrogens with zero attached hydrogens (tertiary/aromatic N) is 2. The van der Waals surface area contributed by atoms with Crippen LogP contribution in [0, 0.1) is 11.8 Å². The number of hydrogen-bond acceptors (Lipinski definition) is 3. The van der Waals surface area contributed by atoms with Gasteiger partial charge in [0.15, 0.2) is 0 Å².